The summed E-state index contributed by atoms with van der Waals surface area (Å²) in [6, 6.07) is 5.55. The molecule has 9 heteroatoms. The van der Waals surface area contributed by atoms with Crippen molar-refractivity contribution < 1.29 is 13.2 Å². The molecule has 134 valence electrons. The molecule has 3 rings (SSSR count). The van der Waals surface area contributed by atoms with Crippen LogP contribution in [-0.4, -0.2) is 29.6 Å². The maximum absolute atomic E-state index is 12.5. The molecular weight excluding hydrogens is 376 g/mol. The van der Waals surface area contributed by atoms with E-state index in [0.717, 1.165) is 31.0 Å². The molecule has 2 unspecified atom stereocenters. The Hall–Kier alpha value is -1.57. The Labute approximate surface area is 152 Å². The van der Waals surface area contributed by atoms with Crippen LogP contribution in [-0.2, 0) is 6.18 Å². The Morgan fingerprint density at radius 3 is 2.48 bits per heavy atom. The number of nitrogens with zero attached hydrogens (tertiary/aromatic N) is 2. The van der Waals surface area contributed by atoms with Crippen molar-refractivity contribution in [3.8, 4) is 0 Å². The van der Waals surface area contributed by atoms with Gasteiger partial charge in [0, 0.05) is 37.9 Å². The Kier molecular flexibility index (Phi) is 5.36. The van der Waals surface area contributed by atoms with Gasteiger partial charge in [0.2, 0.25) is 5.95 Å². The first kappa shape index (κ1) is 18.2. The molecule has 1 aromatic carbocycles. The first-order chi connectivity index (χ1) is 11.8. The van der Waals surface area contributed by atoms with Gasteiger partial charge in [-0.25, -0.2) is 9.97 Å². The summed E-state index contributed by atoms with van der Waals surface area (Å²) in [4.78, 5) is 7.46. The summed E-state index contributed by atoms with van der Waals surface area (Å²) in [5, 5.41) is 7.32. The van der Waals surface area contributed by atoms with E-state index in [1.807, 2.05) is 12.1 Å². The first-order valence-corrected chi connectivity index (χ1v) is 8.39. The summed E-state index contributed by atoms with van der Waals surface area (Å²) in [5.41, 5.74) is 0.203. The van der Waals surface area contributed by atoms with Crippen LogP contribution in [0.2, 0.25) is 10.0 Å². The third-order valence-electron chi connectivity index (χ3n) is 4.21. The molecule has 2 heterocycles. The zero-order chi connectivity index (χ0) is 18.0. The van der Waals surface area contributed by atoms with E-state index in [4.69, 9.17) is 23.2 Å². The molecule has 0 radical (unpaired) electrons. The largest absolute Gasteiger partial charge is 0.419 e. The summed E-state index contributed by atoms with van der Waals surface area (Å²) >= 11 is 12.0. The van der Waals surface area contributed by atoms with E-state index in [1.165, 1.54) is 0 Å². The lowest BCUT2D eigenvalue weighted by Crippen LogP contribution is -2.22. The first-order valence-electron chi connectivity index (χ1n) is 7.63. The Morgan fingerprint density at radius 2 is 1.84 bits per heavy atom. The van der Waals surface area contributed by atoms with Gasteiger partial charge in [-0.3, -0.25) is 0 Å². The number of rotatable bonds is 4. The van der Waals surface area contributed by atoms with Gasteiger partial charge in [0.1, 0.15) is 0 Å². The van der Waals surface area contributed by atoms with Crippen molar-refractivity contribution in [3.05, 3.63) is 51.8 Å². The number of alkyl halides is 3. The SMILES string of the molecule is FC(F)(F)c1cnc(NCC2CNCC2c2ccc(Cl)c(Cl)c2)nc1. The number of halogens is 5. The van der Waals surface area contributed by atoms with E-state index in [2.05, 4.69) is 20.6 Å². The Bertz CT molecular complexity index is 737. The highest BCUT2D eigenvalue weighted by molar-refractivity contribution is 6.42. The fourth-order valence-corrected chi connectivity index (χ4v) is 3.18. The van der Waals surface area contributed by atoms with Crippen molar-refractivity contribution >= 4 is 29.2 Å². The third kappa shape index (κ3) is 4.34. The van der Waals surface area contributed by atoms with Gasteiger partial charge in [-0.05, 0) is 23.6 Å². The molecule has 25 heavy (non-hydrogen) atoms. The van der Waals surface area contributed by atoms with Crippen LogP contribution < -0.4 is 10.6 Å². The quantitative estimate of drug-likeness (QED) is 0.820. The smallest absolute Gasteiger partial charge is 0.354 e. The minimum atomic E-state index is -4.44. The minimum absolute atomic E-state index is 0.174. The number of nitrogens with one attached hydrogen (secondary N) is 2. The van der Waals surface area contributed by atoms with Gasteiger partial charge in [0.25, 0.3) is 0 Å². The van der Waals surface area contributed by atoms with Gasteiger partial charge in [-0.15, -0.1) is 0 Å². The highest BCUT2D eigenvalue weighted by Crippen LogP contribution is 2.32. The van der Waals surface area contributed by atoms with E-state index < -0.39 is 11.7 Å². The highest BCUT2D eigenvalue weighted by atomic mass is 35.5. The van der Waals surface area contributed by atoms with Crippen LogP contribution in [0.5, 0.6) is 0 Å². The lowest BCUT2D eigenvalue weighted by molar-refractivity contribution is -0.138. The van der Waals surface area contributed by atoms with Crippen molar-refractivity contribution in [2.24, 2.45) is 5.92 Å². The molecule has 1 aliphatic rings. The van der Waals surface area contributed by atoms with Crippen LogP contribution in [0, 0.1) is 5.92 Å². The summed E-state index contributed by atoms with van der Waals surface area (Å²) in [5.74, 6) is 0.618. The Balaban J connectivity index is 1.65. The molecule has 0 amide bonds. The van der Waals surface area contributed by atoms with E-state index >= 15 is 0 Å². The predicted octanol–water partition coefficient (Wildman–Crippen LogP) is 4.22. The van der Waals surface area contributed by atoms with Crippen LogP contribution in [0.3, 0.4) is 0 Å². The van der Waals surface area contributed by atoms with E-state index in [9.17, 15) is 13.2 Å². The summed E-state index contributed by atoms with van der Waals surface area (Å²) in [6.45, 7) is 2.10. The van der Waals surface area contributed by atoms with Gasteiger partial charge in [0.05, 0.1) is 15.6 Å². The molecular formula is C16H15Cl2F3N4. The van der Waals surface area contributed by atoms with Crippen molar-refractivity contribution in [1.82, 2.24) is 15.3 Å². The van der Waals surface area contributed by atoms with Crippen molar-refractivity contribution in [1.29, 1.82) is 0 Å². The predicted molar refractivity (Wildman–Crippen MR) is 91.1 cm³/mol. The fourth-order valence-electron chi connectivity index (χ4n) is 2.87. The fraction of sp³-hybridized carbons (Fsp3) is 0.375. The van der Waals surface area contributed by atoms with Crippen LogP contribution in [0.15, 0.2) is 30.6 Å². The van der Waals surface area contributed by atoms with Gasteiger partial charge in [-0.1, -0.05) is 29.3 Å². The number of hydrogen-bond donors (Lipinski definition) is 2. The normalized spacial score (nSPS) is 20.7. The van der Waals surface area contributed by atoms with Crippen LogP contribution in [0.1, 0.15) is 17.0 Å². The molecule has 4 nitrogen and oxygen atoms in total. The van der Waals surface area contributed by atoms with Crippen molar-refractivity contribution in [2.75, 3.05) is 25.0 Å². The number of aromatic nitrogens is 2. The van der Waals surface area contributed by atoms with Crippen LogP contribution in [0.4, 0.5) is 19.1 Å². The van der Waals surface area contributed by atoms with E-state index in [1.54, 1.807) is 6.07 Å². The molecule has 2 atom stereocenters. The summed E-state index contributed by atoms with van der Waals surface area (Å²) < 4.78 is 37.6. The molecule has 1 fully saturated rings. The van der Waals surface area contributed by atoms with Crippen molar-refractivity contribution in [3.63, 3.8) is 0 Å². The number of benzene rings is 1. The second-order valence-electron chi connectivity index (χ2n) is 5.87. The van der Waals surface area contributed by atoms with E-state index in [-0.39, 0.29) is 17.8 Å². The van der Waals surface area contributed by atoms with Crippen LogP contribution in [0.25, 0.3) is 0 Å². The molecule has 0 bridgehead atoms. The standard InChI is InChI=1S/C16H15Cl2F3N4/c17-13-2-1-9(3-14(13)18)12-8-22-4-10(12)5-23-15-24-6-11(7-25-15)16(19,20)21/h1-3,6-7,10,12,22H,4-5,8H2,(H,23,24,25). The molecule has 1 aromatic heterocycles. The van der Waals surface area contributed by atoms with E-state index in [0.29, 0.717) is 16.6 Å². The molecule has 2 N–H and O–H groups in total. The van der Waals surface area contributed by atoms with Crippen molar-refractivity contribution in [2.45, 2.75) is 12.1 Å². The second-order valence-corrected chi connectivity index (χ2v) is 6.69. The molecule has 2 aromatic rings. The summed E-state index contributed by atoms with van der Waals surface area (Å²) in [7, 11) is 0. The van der Waals surface area contributed by atoms with Gasteiger partial charge in [0.15, 0.2) is 0 Å². The minimum Gasteiger partial charge on any atom is -0.354 e. The molecule has 1 saturated heterocycles. The second kappa shape index (κ2) is 7.35. The third-order valence-corrected chi connectivity index (χ3v) is 4.95. The monoisotopic (exact) mass is 390 g/mol. The van der Waals surface area contributed by atoms with Gasteiger partial charge < -0.3 is 10.6 Å². The molecule has 0 aliphatic carbocycles. The van der Waals surface area contributed by atoms with Crippen LogP contribution >= 0.6 is 23.2 Å². The number of hydrogen-bond acceptors (Lipinski definition) is 4. The topological polar surface area (TPSA) is 49.8 Å². The molecule has 0 spiro atoms. The average molecular weight is 391 g/mol. The maximum atomic E-state index is 12.5. The lowest BCUT2D eigenvalue weighted by Gasteiger charge is -2.20. The zero-order valence-corrected chi connectivity index (χ0v) is 14.5. The van der Waals surface area contributed by atoms with Gasteiger partial charge >= 0.3 is 6.18 Å². The molecule has 0 saturated carbocycles. The number of anilines is 1. The lowest BCUT2D eigenvalue weighted by atomic mass is 9.89. The zero-order valence-electron chi connectivity index (χ0n) is 12.9. The highest BCUT2D eigenvalue weighted by Gasteiger charge is 2.32. The van der Waals surface area contributed by atoms with Gasteiger partial charge in [-0.2, -0.15) is 13.2 Å². The average Bonchev–Trinajstić information content (AvgIpc) is 3.03. The molecule has 1 aliphatic heterocycles. The summed E-state index contributed by atoms with van der Waals surface area (Å²) in [6.07, 6.45) is -2.88. The Morgan fingerprint density at radius 1 is 1.12 bits per heavy atom. The maximum Gasteiger partial charge on any atom is 0.419 e.